The highest BCUT2D eigenvalue weighted by atomic mass is 79.9. The van der Waals surface area contributed by atoms with Crippen molar-refractivity contribution in [1.29, 1.82) is 0 Å². The van der Waals surface area contributed by atoms with Gasteiger partial charge < -0.3 is 11.1 Å². The van der Waals surface area contributed by atoms with Crippen LogP contribution < -0.4 is 11.1 Å². The average Bonchev–Trinajstić information content (AvgIpc) is 3.25. The van der Waals surface area contributed by atoms with E-state index < -0.39 is 5.54 Å². The average molecular weight is 439 g/mol. The van der Waals surface area contributed by atoms with Gasteiger partial charge in [0.2, 0.25) is 5.91 Å². The zero-order valence-corrected chi connectivity index (χ0v) is 17.2. The number of hydrogen-bond donors (Lipinski definition) is 2. The molecule has 3 rings (SSSR count). The molecule has 0 bridgehead atoms. The Labute approximate surface area is 164 Å². The van der Waals surface area contributed by atoms with E-state index in [0.29, 0.717) is 5.92 Å². The van der Waals surface area contributed by atoms with E-state index in [-0.39, 0.29) is 36.8 Å². The summed E-state index contributed by atoms with van der Waals surface area (Å²) in [6, 6.07) is 8.59. The molecule has 2 fully saturated rings. The summed E-state index contributed by atoms with van der Waals surface area (Å²) in [5, 5.41) is 3.18. The molecule has 0 radical (unpaired) electrons. The van der Waals surface area contributed by atoms with Crippen molar-refractivity contribution >= 4 is 46.7 Å². The number of likely N-dealkylation sites (tertiary alicyclic amines) is 1. The molecule has 2 aliphatic rings. The number of carbonyl (C=O) groups is 1. The van der Waals surface area contributed by atoms with Gasteiger partial charge in [-0.05, 0) is 43.4 Å². The minimum Gasteiger partial charge on any atom is -0.350 e. The SMILES string of the molecule is CC1CN(C2CC2)CC1NC(=O)C(C)(N)c1ccc(Br)cc1.Cl.Cl. The van der Waals surface area contributed by atoms with Crippen molar-refractivity contribution in [3.05, 3.63) is 34.3 Å². The molecule has 1 amide bonds. The molecule has 0 aromatic heterocycles. The van der Waals surface area contributed by atoms with E-state index in [2.05, 4.69) is 33.1 Å². The number of nitrogens with two attached hydrogens (primary N) is 1. The van der Waals surface area contributed by atoms with Crippen molar-refractivity contribution in [2.45, 2.75) is 44.3 Å². The van der Waals surface area contributed by atoms with Crippen LogP contribution in [0.1, 0.15) is 32.3 Å². The Morgan fingerprint density at radius 2 is 1.83 bits per heavy atom. The van der Waals surface area contributed by atoms with Crippen molar-refractivity contribution in [2.75, 3.05) is 13.1 Å². The van der Waals surface area contributed by atoms with E-state index in [4.69, 9.17) is 5.73 Å². The first-order valence-corrected chi connectivity index (χ1v) is 8.77. The van der Waals surface area contributed by atoms with Crippen molar-refractivity contribution in [2.24, 2.45) is 11.7 Å². The summed E-state index contributed by atoms with van der Waals surface area (Å²) in [5.74, 6) is 0.384. The number of halogens is 3. The Morgan fingerprint density at radius 3 is 2.38 bits per heavy atom. The standard InChI is InChI=1S/C17H24BrN3O.2ClH/c1-11-9-21(14-7-8-14)10-15(11)20-16(22)17(2,19)12-3-5-13(18)6-4-12;;/h3-6,11,14-15H,7-10,19H2,1-2H3,(H,20,22);2*1H. The van der Waals surface area contributed by atoms with E-state index in [1.54, 1.807) is 6.92 Å². The Kier molecular flexibility index (Phi) is 7.57. The van der Waals surface area contributed by atoms with Gasteiger partial charge >= 0.3 is 0 Å². The van der Waals surface area contributed by atoms with E-state index >= 15 is 0 Å². The first-order valence-electron chi connectivity index (χ1n) is 7.98. The van der Waals surface area contributed by atoms with Crippen LogP contribution >= 0.6 is 40.7 Å². The van der Waals surface area contributed by atoms with Gasteiger partial charge in [-0.15, -0.1) is 24.8 Å². The summed E-state index contributed by atoms with van der Waals surface area (Å²) in [4.78, 5) is 15.2. The van der Waals surface area contributed by atoms with Crippen LogP contribution in [0.4, 0.5) is 0 Å². The molecule has 3 atom stereocenters. The summed E-state index contributed by atoms with van der Waals surface area (Å²) >= 11 is 3.41. The maximum atomic E-state index is 12.7. The summed E-state index contributed by atoms with van der Waals surface area (Å²) in [6.45, 7) is 6.02. The highest BCUT2D eigenvalue weighted by molar-refractivity contribution is 9.10. The van der Waals surface area contributed by atoms with Crippen molar-refractivity contribution < 1.29 is 4.79 Å². The van der Waals surface area contributed by atoms with E-state index in [1.807, 2.05) is 24.3 Å². The number of benzene rings is 1. The Hall–Kier alpha value is -0.330. The lowest BCUT2D eigenvalue weighted by atomic mass is 9.91. The highest BCUT2D eigenvalue weighted by Gasteiger charge is 2.40. The maximum absolute atomic E-state index is 12.7. The Morgan fingerprint density at radius 1 is 1.25 bits per heavy atom. The predicted molar refractivity (Wildman–Crippen MR) is 106 cm³/mol. The normalized spacial score (nSPS) is 26.0. The molecule has 1 saturated carbocycles. The van der Waals surface area contributed by atoms with Crippen molar-refractivity contribution in [3.8, 4) is 0 Å². The number of rotatable bonds is 4. The van der Waals surface area contributed by atoms with Crippen LogP contribution in [0.25, 0.3) is 0 Å². The number of nitrogens with zero attached hydrogens (tertiary/aromatic N) is 1. The van der Waals surface area contributed by atoms with Gasteiger partial charge in [0, 0.05) is 29.6 Å². The summed E-state index contributed by atoms with van der Waals surface area (Å²) < 4.78 is 0.983. The minimum atomic E-state index is -1.01. The molecule has 0 spiro atoms. The third kappa shape index (κ3) is 4.64. The van der Waals surface area contributed by atoms with Gasteiger partial charge in [0.05, 0.1) is 0 Å². The van der Waals surface area contributed by atoms with Gasteiger partial charge in [0.1, 0.15) is 5.54 Å². The molecule has 3 unspecified atom stereocenters. The van der Waals surface area contributed by atoms with Crippen LogP contribution in [0.5, 0.6) is 0 Å². The van der Waals surface area contributed by atoms with Crippen molar-refractivity contribution in [3.63, 3.8) is 0 Å². The molecule has 7 heteroatoms. The largest absolute Gasteiger partial charge is 0.350 e. The monoisotopic (exact) mass is 437 g/mol. The zero-order chi connectivity index (χ0) is 15.9. The zero-order valence-electron chi connectivity index (χ0n) is 14.0. The lowest BCUT2D eigenvalue weighted by Gasteiger charge is -2.27. The quantitative estimate of drug-likeness (QED) is 0.759. The molecule has 1 saturated heterocycles. The summed E-state index contributed by atoms with van der Waals surface area (Å²) in [6.07, 6.45) is 2.61. The Bertz CT molecular complexity index is 563. The first-order chi connectivity index (χ1) is 10.4. The fourth-order valence-corrected chi connectivity index (χ4v) is 3.44. The second kappa shape index (κ2) is 8.37. The molecular weight excluding hydrogens is 413 g/mol. The fourth-order valence-electron chi connectivity index (χ4n) is 3.18. The molecule has 24 heavy (non-hydrogen) atoms. The number of carbonyl (C=O) groups excluding carboxylic acids is 1. The molecule has 1 aliphatic carbocycles. The summed E-state index contributed by atoms with van der Waals surface area (Å²) in [7, 11) is 0. The lowest BCUT2D eigenvalue weighted by Crippen LogP contribution is -2.53. The predicted octanol–water partition coefficient (Wildman–Crippen LogP) is 3.07. The molecule has 136 valence electrons. The fraction of sp³-hybridized carbons (Fsp3) is 0.588. The molecule has 1 aliphatic heterocycles. The lowest BCUT2D eigenvalue weighted by molar-refractivity contribution is -0.127. The van der Waals surface area contributed by atoms with Crippen molar-refractivity contribution in [1.82, 2.24) is 10.2 Å². The van der Waals surface area contributed by atoms with Gasteiger partial charge in [-0.1, -0.05) is 35.0 Å². The summed E-state index contributed by atoms with van der Waals surface area (Å²) in [5.41, 5.74) is 6.15. The number of amides is 1. The van der Waals surface area contributed by atoms with Crippen LogP contribution in [0.3, 0.4) is 0 Å². The number of nitrogens with one attached hydrogen (secondary N) is 1. The molecule has 1 aromatic rings. The highest BCUT2D eigenvalue weighted by Crippen LogP contribution is 2.32. The van der Waals surface area contributed by atoms with Crippen LogP contribution in [-0.4, -0.2) is 36.0 Å². The van der Waals surface area contributed by atoms with Gasteiger partial charge in [-0.2, -0.15) is 0 Å². The molecule has 4 nitrogen and oxygen atoms in total. The third-order valence-corrected chi connectivity index (χ3v) is 5.46. The first kappa shape index (κ1) is 21.7. The van der Waals surface area contributed by atoms with Gasteiger partial charge in [0.25, 0.3) is 0 Å². The second-order valence-corrected chi connectivity index (χ2v) is 7.87. The van der Waals surface area contributed by atoms with Crippen LogP contribution in [0.15, 0.2) is 28.7 Å². The van der Waals surface area contributed by atoms with Gasteiger partial charge in [-0.25, -0.2) is 0 Å². The maximum Gasteiger partial charge on any atom is 0.244 e. The van der Waals surface area contributed by atoms with Gasteiger partial charge in [0.15, 0.2) is 0 Å². The smallest absolute Gasteiger partial charge is 0.244 e. The molecular formula is C17H26BrCl2N3O. The van der Waals surface area contributed by atoms with Crippen LogP contribution in [-0.2, 0) is 10.3 Å². The van der Waals surface area contributed by atoms with Crippen LogP contribution in [0.2, 0.25) is 0 Å². The van der Waals surface area contributed by atoms with E-state index in [0.717, 1.165) is 29.2 Å². The van der Waals surface area contributed by atoms with E-state index in [9.17, 15) is 4.79 Å². The third-order valence-electron chi connectivity index (χ3n) is 4.94. The topological polar surface area (TPSA) is 58.4 Å². The number of hydrogen-bond acceptors (Lipinski definition) is 3. The minimum absolute atomic E-state index is 0. The second-order valence-electron chi connectivity index (χ2n) is 6.95. The van der Waals surface area contributed by atoms with Crippen LogP contribution in [0, 0.1) is 5.92 Å². The molecule has 1 heterocycles. The van der Waals surface area contributed by atoms with E-state index in [1.165, 1.54) is 12.8 Å². The van der Waals surface area contributed by atoms with Gasteiger partial charge in [-0.3, -0.25) is 9.69 Å². The molecule has 3 N–H and O–H groups in total. The Balaban J connectivity index is 0.00000144. The molecule has 1 aromatic carbocycles.